The highest BCUT2D eigenvalue weighted by atomic mass is 15.4. The summed E-state index contributed by atoms with van der Waals surface area (Å²) in [5, 5.41) is 7.91. The molecule has 0 amide bonds. The average molecular weight is 137 g/mol. The van der Waals surface area contributed by atoms with Gasteiger partial charge >= 0.3 is 0 Å². The van der Waals surface area contributed by atoms with E-state index < -0.39 is 0 Å². The molecule has 0 unspecified atom stereocenters. The zero-order valence-corrected chi connectivity index (χ0v) is 6.54. The predicted molar refractivity (Wildman–Crippen MR) is 42.4 cm³/mol. The van der Waals surface area contributed by atoms with Gasteiger partial charge in [-0.15, -0.1) is 5.10 Å². The highest BCUT2D eigenvalue weighted by Gasteiger charge is 1.95. The Morgan fingerprint density at radius 1 is 1.70 bits per heavy atom. The molecule has 1 rings (SSSR count). The molecule has 1 aromatic heterocycles. The molecule has 54 valence electrons. The van der Waals surface area contributed by atoms with Gasteiger partial charge < -0.3 is 0 Å². The lowest BCUT2D eigenvalue weighted by atomic mass is 9.83. The van der Waals surface area contributed by atoms with Crippen molar-refractivity contribution in [2.24, 2.45) is 0 Å². The molecular weight excluding hydrogens is 125 g/mol. The molecule has 0 N–H and O–H groups in total. The molecule has 0 saturated carbocycles. The van der Waals surface area contributed by atoms with Gasteiger partial charge in [0.2, 0.25) is 0 Å². The van der Waals surface area contributed by atoms with E-state index in [1.54, 1.807) is 0 Å². The zero-order valence-electron chi connectivity index (χ0n) is 6.54. The number of hydrogen-bond donors (Lipinski definition) is 0. The van der Waals surface area contributed by atoms with Gasteiger partial charge in [0.1, 0.15) is 7.28 Å². The van der Waals surface area contributed by atoms with Gasteiger partial charge in [-0.2, -0.15) is 0 Å². The van der Waals surface area contributed by atoms with E-state index in [0.717, 1.165) is 25.8 Å². The molecule has 1 heterocycles. The normalized spacial score (nSPS) is 9.80. The van der Waals surface area contributed by atoms with Crippen molar-refractivity contribution >= 4 is 7.28 Å². The van der Waals surface area contributed by atoms with Crippen LogP contribution in [0.3, 0.4) is 0 Å². The van der Waals surface area contributed by atoms with Crippen molar-refractivity contribution in [3.05, 3.63) is 11.9 Å². The van der Waals surface area contributed by atoms with Crippen molar-refractivity contribution < 1.29 is 0 Å². The fourth-order valence-electron chi connectivity index (χ4n) is 0.839. The third-order valence-corrected chi connectivity index (χ3v) is 1.40. The summed E-state index contributed by atoms with van der Waals surface area (Å²) in [6.45, 7) is 4.22. The minimum atomic E-state index is 0.976. The van der Waals surface area contributed by atoms with E-state index in [4.69, 9.17) is 0 Å². The first kappa shape index (κ1) is 7.31. The minimum Gasteiger partial charge on any atom is -0.260 e. The highest BCUT2D eigenvalue weighted by molar-refractivity contribution is 6.31. The smallest absolute Gasteiger partial charge is 0.144 e. The van der Waals surface area contributed by atoms with Crippen molar-refractivity contribution in [1.82, 2.24) is 15.0 Å². The maximum Gasteiger partial charge on any atom is 0.144 e. The van der Waals surface area contributed by atoms with Gasteiger partial charge in [0.05, 0.1) is 5.69 Å². The van der Waals surface area contributed by atoms with E-state index >= 15 is 0 Å². The van der Waals surface area contributed by atoms with Crippen LogP contribution < -0.4 is 0 Å². The zero-order chi connectivity index (χ0) is 7.40. The second kappa shape index (κ2) is 3.39. The fourth-order valence-corrected chi connectivity index (χ4v) is 0.839. The summed E-state index contributed by atoms with van der Waals surface area (Å²) in [6, 6.07) is 0. The summed E-state index contributed by atoms with van der Waals surface area (Å²) in [5.41, 5.74) is 1.08. The number of nitrogens with zero attached hydrogens (tertiary/aromatic N) is 3. The molecule has 0 spiro atoms. The molecule has 0 aliphatic carbocycles. The number of rotatable bonds is 3. The molecule has 0 bridgehead atoms. The Balaban J connectivity index is 2.59. The van der Waals surface area contributed by atoms with Crippen molar-refractivity contribution in [3.8, 4) is 0 Å². The van der Waals surface area contributed by atoms with Crippen molar-refractivity contribution in [1.29, 1.82) is 0 Å². The maximum absolute atomic E-state index is 3.97. The molecule has 0 radical (unpaired) electrons. The molecule has 0 saturated heterocycles. The summed E-state index contributed by atoms with van der Waals surface area (Å²) >= 11 is 0. The molecule has 4 heteroatoms. The Labute approximate surface area is 61.7 Å². The first-order chi connectivity index (χ1) is 4.86. The van der Waals surface area contributed by atoms with Crippen LogP contribution in [-0.4, -0.2) is 22.3 Å². The molecule has 0 aliphatic heterocycles. The number of aryl methyl sites for hydroxylation is 1. The van der Waals surface area contributed by atoms with Crippen LogP contribution in [-0.2, 0) is 12.9 Å². The highest BCUT2D eigenvalue weighted by Crippen LogP contribution is 1.91. The van der Waals surface area contributed by atoms with E-state index in [1.807, 2.05) is 10.9 Å². The van der Waals surface area contributed by atoms with Gasteiger partial charge in [-0.1, -0.05) is 19.0 Å². The van der Waals surface area contributed by atoms with Crippen LogP contribution in [0.25, 0.3) is 0 Å². The summed E-state index contributed by atoms with van der Waals surface area (Å²) in [7, 11) is 1.12. The molecule has 0 aromatic carbocycles. The van der Waals surface area contributed by atoms with Gasteiger partial charge in [-0.05, 0) is 6.42 Å². The number of aromatic nitrogens is 3. The maximum atomic E-state index is 3.97. The van der Waals surface area contributed by atoms with Gasteiger partial charge in [0, 0.05) is 12.6 Å². The van der Waals surface area contributed by atoms with E-state index in [2.05, 4.69) is 24.1 Å². The number of hydrogen-bond acceptors (Lipinski definition) is 2. The summed E-state index contributed by atoms with van der Waals surface area (Å²) < 4.78 is 1.89. The average Bonchev–Trinajstić information content (AvgIpc) is 2.37. The Kier molecular flexibility index (Phi) is 2.48. The first-order valence-electron chi connectivity index (χ1n) is 3.75. The summed E-state index contributed by atoms with van der Waals surface area (Å²) in [4.78, 5) is 0. The lowest BCUT2D eigenvalue weighted by Gasteiger charge is -1.90. The third kappa shape index (κ3) is 1.59. The van der Waals surface area contributed by atoms with Crippen LogP contribution in [0.15, 0.2) is 6.20 Å². The standard InChI is InChI=1S/C6H12BN3/c1-3-6-4-10(5-7-2)9-8-6/h4,7H,3,5H2,1-2H3. The first-order valence-corrected chi connectivity index (χ1v) is 3.75. The molecule has 0 fully saturated rings. The van der Waals surface area contributed by atoms with Crippen LogP contribution in [0.2, 0.25) is 6.82 Å². The Morgan fingerprint density at radius 2 is 2.50 bits per heavy atom. The van der Waals surface area contributed by atoms with Crippen LogP contribution >= 0.6 is 0 Å². The molecule has 0 atom stereocenters. The van der Waals surface area contributed by atoms with Crippen LogP contribution in [0.1, 0.15) is 12.6 Å². The minimum absolute atomic E-state index is 0.976. The van der Waals surface area contributed by atoms with E-state index in [9.17, 15) is 0 Å². The fraction of sp³-hybridized carbons (Fsp3) is 0.667. The molecule has 0 aliphatic rings. The second-order valence-corrected chi connectivity index (χ2v) is 2.33. The lowest BCUT2D eigenvalue weighted by Crippen LogP contribution is -2.02. The molecule has 1 aromatic rings. The van der Waals surface area contributed by atoms with Crippen LogP contribution in [0.5, 0.6) is 0 Å². The SMILES string of the molecule is CBCn1cc(CC)nn1. The van der Waals surface area contributed by atoms with Crippen LogP contribution in [0, 0.1) is 0 Å². The Bertz CT molecular complexity index is 197. The van der Waals surface area contributed by atoms with Gasteiger partial charge in [0.25, 0.3) is 0 Å². The molecule has 3 nitrogen and oxygen atoms in total. The van der Waals surface area contributed by atoms with E-state index in [1.165, 1.54) is 0 Å². The Hall–Kier alpha value is -0.795. The van der Waals surface area contributed by atoms with Gasteiger partial charge in [-0.25, -0.2) is 0 Å². The predicted octanol–water partition coefficient (Wildman–Crippen LogP) is 0.283. The third-order valence-electron chi connectivity index (χ3n) is 1.40. The van der Waals surface area contributed by atoms with Gasteiger partial charge in [0.15, 0.2) is 0 Å². The second-order valence-electron chi connectivity index (χ2n) is 2.33. The van der Waals surface area contributed by atoms with Crippen LogP contribution in [0.4, 0.5) is 0 Å². The van der Waals surface area contributed by atoms with Gasteiger partial charge in [-0.3, -0.25) is 4.68 Å². The van der Waals surface area contributed by atoms with E-state index in [0.29, 0.717) is 0 Å². The monoisotopic (exact) mass is 137 g/mol. The van der Waals surface area contributed by atoms with Crippen molar-refractivity contribution in [2.75, 3.05) is 0 Å². The molecule has 10 heavy (non-hydrogen) atoms. The largest absolute Gasteiger partial charge is 0.260 e. The van der Waals surface area contributed by atoms with Crippen molar-refractivity contribution in [3.63, 3.8) is 0 Å². The van der Waals surface area contributed by atoms with E-state index in [-0.39, 0.29) is 0 Å². The quantitative estimate of drug-likeness (QED) is 0.560. The molecular formula is C6H12BN3. The van der Waals surface area contributed by atoms with Crippen molar-refractivity contribution in [2.45, 2.75) is 26.6 Å². The summed E-state index contributed by atoms with van der Waals surface area (Å²) in [6.07, 6.45) is 3.96. The Morgan fingerprint density at radius 3 is 3.00 bits per heavy atom. The lowest BCUT2D eigenvalue weighted by molar-refractivity contribution is 0.691. The summed E-state index contributed by atoms with van der Waals surface area (Å²) in [5.74, 6) is 0. The topological polar surface area (TPSA) is 30.7 Å².